The molecule has 0 aromatic heterocycles. The fourth-order valence-corrected chi connectivity index (χ4v) is 7.60. The third kappa shape index (κ3) is 3.69. The Morgan fingerprint density at radius 3 is 2.73 bits per heavy atom. The van der Waals surface area contributed by atoms with Gasteiger partial charge in [0.15, 0.2) is 0 Å². The number of carbonyl (C=O) groups excluding carboxylic acids is 3. The molecule has 2 fully saturated rings. The lowest BCUT2D eigenvalue weighted by Crippen LogP contribution is -2.53. The van der Waals surface area contributed by atoms with E-state index in [0.717, 1.165) is 18.4 Å². The van der Waals surface area contributed by atoms with Crippen LogP contribution < -0.4 is 0 Å². The molecule has 174 valence electrons. The van der Waals surface area contributed by atoms with Gasteiger partial charge in [-0.05, 0) is 18.4 Å². The summed E-state index contributed by atoms with van der Waals surface area (Å²) in [4.78, 5) is 44.0. The fraction of sp³-hybridized carbons (Fsp3) is 0.480. The van der Waals surface area contributed by atoms with Crippen LogP contribution in [0.3, 0.4) is 0 Å². The lowest BCUT2D eigenvalue weighted by Gasteiger charge is -2.35. The van der Waals surface area contributed by atoms with Gasteiger partial charge in [0.2, 0.25) is 11.8 Å². The summed E-state index contributed by atoms with van der Waals surface area (Å²) in [7, 11) is 0. The van der Waals surface area contributed by atoms with E-state index in [9.17, 15) is 19.5 Å². The SMILES string of the molecule is O=C1OCCC/C=C\[C@@H]2S[C@]34C=CCN(Cc5ccccc5)C(=O)C3N(CCO)C(=O)[C@@H]4[C@H]12. The molecule has 1 aromatic rings. The smallest absolute Gasteiger partial charge is 0.311 e. The van der Waals surface area contributed by atoms with Crippen LogP contribution in [0.4, 0.5) is 0 Å². The molecule has 4 aliphatic rings. The Labute approximate surface area is 197 Å². The summed E-state index contributed by atoms with van der Waals surface area (Å²) >= 11 is 1.52. The zero-order chi connectivity index (χ0) is 23.0. The summed E-state index contributed by atoms with van der Waals surface area (Å²) in [6.45, 7) is 0.999. The third-order valence-electron chi connectivity index (χ3n) is 6.99. The quantitative estimate of drug-likeness (QED) is 0.535. The number of hydrogen-bond acceptors (Lipinski definition) is 6. The van der Waals surface area contributed by atoms with Crippen molar-refractivity contribution >= 4 is 29.5 Å². The standard InChI is InChI=1S/C25H28N2O5S/c28-14-13-27-21-23(30)26(16-17-8-3-1-4-9-17)12-7-11-25(21)20(22(27)29)19-18(33-25)10-5-2-6-15-32-24(19)31/h1,3-5,7-11,18-21,28H,2,6,12-16H2/b10-5-/t18-,19+,20-,21?,25-/m0/s1. The topological polar surface area (TPSA) is 87.2 Å². The van der Waals surface area contributed by atoms with E-state index in [1.807, 2.05) is 48.6 Å². The fourth-order valence-electron chi connectivity index (χ4n) is 5.59. The van der Waals surface area contributed by atoms with Gasteiger partial charge in [0.1, 0.15) is 6.04 Å². The van der Waals surface area contributed by atoms with Crippen molar-refractivity contribution in [2.24, 2.45) is 11.8 Å². The Morgan fingerprint density at radius 1 is 1.12 bits per heavy atom. The van der Waals surface area contributed by atoms with Crippen LogP contribution in [0.5, 0.6) is 0 Å². The van der Waals surface area contributed by atoms with Gasteiger partial charge < -0.3 is 19.6 Å². The highest BCUT2D eigenvalue weighted by Crippen LogP contribution is 2.60. The van der Waals surface area contributed by atoms with Crippen LogP contribution in [0.2, 0.25) is 0 Å². The van der Waals surface area contributed by atoms with Gasteiger partial charge >= 0.3 is 5.97 Å². The summed E-state index contributed by atoms with van der Waals surface area (Å²) in [6.07, 6.45) is 9.56. The number of thioether (sulfide) groups is 1. The van der Waals surface area contributed by atoms with Crippen molar-refractivity contribution in [3.05, 3.63) is 60.2 Å². The number of ether oxygens (including phenoxy) is 1. The number of aliphatic hydroxyl groups excluding tert-OH is 1. The molecule has 1 aromatic carbocycles. The van der Waals surface area contributed by atoms with Gasteiger partial charge in [0, 0.05) is 24.9 Å². The van der Waals surface area contributed by atoms with Crippen LogP contribution >= 0.6 is 11.8 Å². The van der Waals surface area contributed by atoms with Crippen LogP contribution in [-0.4, -0.2) is 75.0 Å². The molecule has 0 bridgehead atoms. The number of rotatable bonds is 4. The Morgan fingerprint density at radius 2 is 1.94 bits per heavy atom. The highest BCUT2D eigenvalue weighted by atomic mass is 32.2. The predicted octanol–water partition coefficient (Wildman–Crippen LogP) is 1.77. The second kappa shape index (κ2) is 8.99. The first-order valence-corrected chi connectivity index (χ1v) is 12.4. The zero-order valence-corrected chi connectivity index (χ0v) is 19.2. The number of cyclic esters (lactones) is 1. The van der Waals surface area contributed by atoms with E-state index >= 15 is 0 Å². The number of hydrogen-bond donors (Lipinski definition) is 1. The van der Waals surface area contributed by atoms with Crippen molar-refractivity contribution in [1.82, 2.24) is 9.80 Å². The van der Waals surface area contributed by atoms with Gasteiger partial charge in [-0.15, -0.1) is 11.8 Å². The van der Waals surface area contributed by atoms with Crippen LogP contribution in [0.25, 0.3) is 0 Å². The summed E-state index contributed by atoms with van der Waals surface area (Å²) in [5.41, 5.74) is 1.01. The number of aliphatic hydroxyl groups is 1. The maximum atomic E-state index is 13.9. The maximum Gasteiger partial charge on any atom is 0.311 e. The number of carbonyl (C=O) groups is 3. The number of benzene rings is 1. The Bertz CT molecular complexity index is 996. The second-order valence-electron chi connectivity index (χ2n) is 8.94. The van der Waals surface area contributed by atoms with E-state index in [0.29, 0.717) is 19.7 Å². The molecule has 5 rings (SSSR count). The minimum atomic E-state index is -0.868. The van der Waals surface area contributed by atoms with E-state index in [2.05, 4.69) is 6.08 Å². The first-order valence-electron chi connectivity index (χ1n) is 11.5. The molecule has 0 radical (unpaired) electrons. The highest BCUT2D eigenvalue weighted by Gasteiger charge is 2.70. The van der Waals surface area contributed by atoms with Gasteiger partial charge in [-0.2, -0.15) is 0 Å². The molecule has 1 unspecified atom stereocenters. The van der Waals surface area contributed by atoms with Gasteiger partial charge in [-0.3, -0.25) is 14.4 Å². The highest BCUT2D eigenvalue weighted by molar-refractivity contribution is 8.02. The Kier molecular flexibility index (Phi) is 6.05. The molecular weight excluding hydrogens is 440 g/mol. The molecule has 4 aliphatic heterocycles. The van der Waals surface area contributed by atoms with Crippen molar-refractivity contribution in [1.29, 1.82) is 0 Å². The number of esters is 1. The van der Waals surface area contributed by atoms with Crippen molar-refractivity contribution in [2.75, 3.05) is 26.3 Å². The Hall–Kier alpha value is -2.58. The number of allylic oxidation sites excluding steroid dienone is 1. The predicted molar refractivity (Wildman–Crippen MR) is 124 cm³/mol. The molecule has 1 N–H and O–H groups in total. The molecule has 1 spiro atoms. The average molecular weight is 469 g/mol. The van der Waals surface area contributed by atoms with E-state index < -0.39 is 22.6 Å². The van der Waals surface area contributed by atoms with E-state index in [1.54, 1.807) is 4.90 Å². The van der Waals surface area contributed by atoms with Gasteiger partial charge in [0.05, 0.1) is 29.8 Å². The average Bonchev–Trinajstić information content (AvgIpc) is 3.22. The maximum absolute atomic E-state index is 13.9. The van der Waals surface area contributed by atoms with Gasteiger partial charge in [-0.25, -0.2) is 0 Å². The minimum absolute atomic E-state index is 0.0589. The minimum Gasteiger partial charge on any atom is -0.465 e. The summed E-state index contributed by atoms with van der Waals surface area (Å²) in [5, 5.41) is 9.48. The number of likely N-dealkylation sites (tertiary alicyclic amines) is 1. The van der Waals surface area contributed by atoms with Crippen molar-refractivity contribution in [2.45, 2.75) is 35.4 Å². The van der Waals surface area contributed by atoms with Gasteiger partial charge in [-0.1, -0.05) is 54.6 Å². The van der Waals surface area contributed by atoms with Crippen molar-refractivity contribution < 1.29 is 24.2 Å². The first kappa shape index (κ1) is 22.2. The number of fused-ring (bicyclic) bond motifs is 2. The molecule has 0 saturated carbocycles. The summed E-state index contributed by atoms with van der Waals surface area (Å²) in [5.74, 6) is -2.12. The lowest BCUT2D eigenvalue weighted by molar-refractivity contribution is -0.153. The number of nitrogens with zero attached hydrogens (tertiary/aromatic N) is 2. The Balaban J connectivity index is 1.55. The molecule has 4 heterocycles. The molecule has 5 atom stereocenters. The van der Waals surface area contributed by atoms with Crippen LogP contribution in [-0.2, 0) is 25.7 Å². The van der Waals surface area contributed by atoms with Crippen LogP contribution in [0.15, 0.2) is 54.6 Å². The molecule has 2 amide bonds. The first-order chi connectivity index (χ1) is 16.1. The van der Waals surface area contributed by atoms with E-state index in [-0.39, 0.29) is 36.2 Å². The number of β-amino-alcohol motifs (C(OH)–C–C–N with tert-alkyl or cyclic N) is 1. The lowest BCUT2D eigenvalue weighted by atomic mass is 9.78. The van der Waals surface area contributed by atoms with Gasteiger partial charge in [0.25, 0.3) is 0 Å². The molecule has 7 nitrogen and oxygen atoms in total. The molecule has 8 heteroatoms. The third-order valence-corrected chi connectivity index (χ3v) is 8.74. The largest absolute Gasteiger partial charge is 0.465 e. The van der Waals surface area contributed by atoms with Crippen LogP contribution in [0, 0.1) is 11.8 Å². The number of amides is 2. The summed E-state index contributed by atoms with van der Waals surface area (Å²) in [6, 6.07) is 8.98. The molecular formula is C25H28N2O5S. The van der Waals surface area contributed by atoms with Crippen LogP contribution in [0.1, 0.15) is 18.4 Å². The normalized spacial score (nSPS) is 34.5. The van der Waals surface area contributed by atoms with Crippen molar-refractivity contribution in [3.63, 3.8) is 0 Å². The molecule has 2 saturated heterocycles. The summed E-state index contributed by atoms with van der Waals surface area (Å²) < 4.78 is 4.66. The monoisotopic (exact) mass is 468 g/mol. The van der Waals surface area contributed by atoms with E-state index in [1.165, 1.54) is 16.7 Å². The zero-order valence-electron chi connectivity index (χ0n) is 18.3. The molecule has 33 heavy (non-hydrogen) atoms. The molecule has 0 aliphatic carbocycles. The van der Waals surface area contributed by atoms with Crippen molar-refractivity contribution in [3.8, 4) is 0 Å². The second-order valence-corrected chi connectivity index (χ2v) is 10.4. The van der Waals surface area contributed by atoms with E-state index in [4.69, 9.17) is 4.74 Å².